The van der Waals surface area contributed by atoms with Gasteiger partial charge in [-0.15, -0.1) is 0 Å². The zero-order chi connectivity index (χ0) is 14.8. The van der Waals surface area contributed by atoms with Crippen molar-refractivity contribution in [3.63, 3.8) is 0 Å². The Kier molecular flexibility index (Phi) is 4.76. The first-order valence-corrected chi connectivity index (χ1v) is 7.70. The molecule has 110 valence electrons. The van der Waals surface area contributed by atoms with Gasteiger partial charge in [-0.3, -0.25) is 4.79 Å². The maximum Gasteiger partial charge on any atom is 0.311 e. The first kappa shape index (κ1) is 15.4. The normalized spacial score (nSPS) is 22.2. The number of rotatable bonds is 4. The van der Waals surface area contributed by atoms with Gasteiger partial charge >= 0.3 is 5.97 Å². The molecular formula is C16H22O3S. The smallest absolute Gasteiger partial charge is 0.311 e. The molecule has 20 heavy (non-hydrogen) atoms. The summed E-state index contributed by atoms with van der Waals surface area (Å²) in [6, 6.07) is 8.24. The van der Waals surface area contributed by atoms with Crippen molar-refractivity contribution < 1.29 is 13.7 Å². The Balaban J connectivity index is 1.67. The second-order valence-electron chi connectivity index (χ2n) is 6.36. The minimum Gasteiger partial charge on any atom is -0.462 e. The number of hydrogen-bond acceptors (Lipinski definition) is 4. The molecule has 1 saturated carbocycles. The van der Waals surface area contributed by atoms with Crippen LogP contribution >= 0.6 is 12.0 Å². The third-order valence-electron chi connectivity index (χ3n) is 3.24. The topological polar surface area (TPSA) is 35.5 Å². The van der Waals surface area contributed by atoms with Crippen LogP contribution in [0.4, 0.5) is 0 Å². The first-order valence-electron chi connectivity index (χ1n) is 6.95. The molecule has 0 spiro atoms. The fourth-order valence-electron chi connectivity index (χ4n) is 1.74. The predicted molar refractivity (Wildman–Crippen MR) is 80.5 cm³/mol. The van der Waals surface area contributed by atoms with Crippen LogP contribution in [-0.4, -0.2) is 18.2 Å². The molecule has 0 aromatic heterocycles. The molecule has 0 unspecified atom stereocenters. The third-order valence-corrected chi connectivity index (χ3v) is 4.07. The summed E-state index contributed by atoms with van der Waals surface area (Å²) >= 11 is 1.40. The van der Waals surface area contributed by atoms with Crippen LogP contribution in [0.15, 0.2) is 29.2 Å². The summed E-state index contributed by atoms with van der Waals surface area (Å²) in [5.74, 6) is -0.132. The van der Waals surface area contributed by atoms with Crippen molar-refractivity contribution in [3.05, 3.63) is 29.8 Å². The second-order valence-corrected chi connectivity index (χ2v) is 7.19. The molecule has 4 heteroatoms. The van der Waals surface area contributed by atoms with Crippen LogP contribution in [0.5, 0.6) is 0 Å². The van der Waals surface area contributed by atoms with Crippen molar-refractivity contribution in [2.45, 2.75) is 57.6 Å². The second kappa shape index (κ2) is 6.19. The zero-order valence-corrected chi connectivity index (χ0v) is 13.3. The van der Waals surface area contributed by atoms with E-state index in [4.69, 9.17) is 8.92 Å². The standard InChI is InChI=1S/C16H22O3S/c1-11-5-7-14(8-6-11)20-19-13-9-12(10-13)18-15(17)16(2,3)4/h5-8,12-13H,9-10H2,1-4H3. The van der Waals surface area contributed by atoms with Crippen LogP contribution in [0, 0.1) is 12.3 Å². The van der Waals surface area contributed by atoms with Gasteiger partial charge in [0.2, 0.25) is 0 Å². The summed E-state index contributed by atoms with van der Waals surface area (Å²) in [5, 5.41) is 0. The Morgan fingerprint density at radius 1 is 1.15 bits per heavy atom. The Hall–Kier alpha value is -1.00. The summed E-state index contributed by atoms with van der Waals surface area (Å²) in [6.07, 6.45) is 1.78. The summed E-state index contributed by atoms with van der Waals surface area (Å²) in [5.41, 5.74) is 0.815. The van der Waals surface area contributed by atoms with Crippen molar-refractivity contribution >= 4 is 18.0 Å². The third kappa shape index (κ3) is 4.25. The lowest BCUT2D eigenvalue weighted by Crippen LogP contribution is -2.40. The lowest BCUT2D eigenvalue weighted by molar-refractivity contribution is -0.166. The SMILES string of the molecule is Cc1ccc(SOC2CC(OC(=O)C(C)(C)C)C2)cc1. The van der Waals surface area contributed by atoms with Crippen LogP contribution in [0.1, 0.15) is 39.2 Å². The number of carbonyl (C=O) groups is 1. The minimum atomic E-state index is -0.428. The molecule has 3 nitrogen and oxygen atoms in total. The Labute approximate surface area is 125 Å². The van der Waals surface area contributed by atoms with Crippen molar-refractivity contribution in [3.8, 4) is 0 Å². The van der Waals surface area contributed by atoms with Crippen molar-refractivity contribution in [1.29, 1.82) is 0 Å². The Morgan fingerprint density at radius 2 is 1.75 bits per heavy atom. The highest BCUT2D eigenvalue weighted by atomic mass is 32.2. The van der Waals surface area contributed by atoms with Crippen molar-refractivity contribution in [2.75, 3.05) is 0 Å². The molecule has 1 aromatic rings. The lowest BCUT2D eigenvalue weighted by Gasteiger charge is -2.35. The van der Waals surface area contributed by atoms with E-state index in [1.165, 1.54) is 17.6 Å². The molecule has 0 N–H and O–H groups in total. The highest BCUT2D eigenvalue weighted by molar-refractivity contribution is 7.94. The number of ether oxygens (including phenoxy) is 1. The highest BCUT2D eigenvalue weighted by Gasteiger charge is 2.36. The van der Waals surface area contributed by atoms with Crippen LogP contribution in [0.3, 0.4) is 0 Å². The van der Waals surface area contributed by atoms with Gasteiger partial charge in [0.05, 0.1) is 11.5 Å². The summed E-state index contributed by atoms with van der Waals surface area (Å²) in [4.78, 5) is 12.8. The quantitative estimate of drug-likeness (QED) is 0.617. The van der Waals surface area contributed by atoms with E-state index in [0.717, 1.165) is 17.7 Å². The van der Waals surface area contributed by atoms with E-state index < -0.39 is 5.41 Å². The first-order chi connectivity index (χ1) is 9.34. The van der Waals surface area contributed by atoms with Gasteiger partial charge in [0.15, 0.2) is 0 Å². The van der Waals surface area contributed by atoms with Gasteiger partial charge in [0.1, 0.15) is 6.10 Å². The molecule has 0 aliphatic heterocycles. The maximum atomic E-state index is 11.7. The fourth-order valence-corrected chi connectivity index (χ4v) is 2.39. The van der Waals surface area contributed by atoms with E-state index in [1.54, 1.807) is 0 Å². The Morgan fingerprint density at radius 3 is 2.30 bits per heavy atom. The van der Waals surface area contributed by atoms with E-state index in [-0.39, 0.29) is 18.2 Å². The molecule has 1 aliphatic carbocycles. The molecular weight excluding hydrogens is 272 g/mol. The van der Waals surface area contributed by atoms with Crippen LogP contribution < -0.4 is 0 Å². The van der Waals surface area contributed by atoms with Gasteiger partial charge in [-0.2, -0.15) is 0 Å². The summed E-state index contributed by atoms with van der Waals surface area (Å²) < 4.78 is 11.1. The maximum absolute atomic E-state index is 11.7. The van der Waals surface area contributed by atoms with Gasteiger partial charge in [-0.05, 0) is 39.8 Å². The lowest BCUT2D eigenvalue weighted by atomic mass is 9.91. The van der Waals surface area contributed by atoms with E-state index in [2.05, 4.69) is 31.2 Å². The molecule has 1 aliphatic rings. The van der Waals surface area contributed by atoms with E-state index in [9.17, 15) is 4.79 Å². The number of carbonyl (C=O) groups excluding carboxylic acids is 1. The van der Waals surface area contributed by atoms with E-state index in [1.807, 2.05) is 20.8 Å². The molecule has 1 aromatic carbocycles. The van der Waals surface area contributed by atoms with Crippen LogP contribution in [-0.2, 0) is 13.7 Å². The van der Waals surface area contributed by atoms with Gasteiger partial charge in [0.25, 0.3) is 0 Å². The highest BCUT2D eigenvalue weighted by Crippen LogP contribution is 2.33. The average Bonchev–Trinajstić information content (AvgIpc) is 2.32. The van der Waals surface area contributed by atoms with Crippen LogP contribution in [0.25, 0.3) is 0 Å². The molecule has 1 fully saturated rings. The van der Waals surface area contributed by atoms with E-state index >= 15 is 0 Å². The molecule has 0 atom stereocenters. The summed E-state index contributed by atoms with van der Waals surface area (Å²) in [6.45, 7) is 7.68. The molecule has 2 rings (SSSR count). The monoisotopic (exact) mass is 294 g/mol. The molecule has 0 saturated heterocycles. The Bertz CT molecular complexity index is 456. The zero-order valence-electron chi connectivity index (χ0n) is 12.5. The number of aryl methyl sites for hydroxylation is 1. The molecule has 0 heterocycles. The van der Waals surface area contributed by atoms with Gasteiger partial charge in [-0.25, -0.2) is 0 Å². The number of benzene rings is 1. The summed E-state index contributed by atoms with van der Waals surface area (Å²) in [7, 11) is 0. The van der Waals surface area contributed by atoms with Gasteiger partial charge in [0, 0.05) is 29.8 Å². The molecule has 0 amide bonds. The largest absolute Gasteiger partial charge is 0.462 e. The van der Waals surface area contributed by atoms with Crippen molar-refractivity contribution in [2.24, 2.45) is 5.41 Å². The van der Waals surface area contributed by atoms with Crippen molar-refractivity contribution in [1.82, 2.24) is 0 Å². The predicted octanol–water partition coefficient (Wildman–Crippen LogP) is 4.14. The minimum absolute atomic E-state index is 0.0188. The fraction of sp³-hybridized carbons (Fsp3) is 0.562. The van der Waals surface area contributed by atoms with Gasteiger partial charge < -0.3 is 8.92 Å². The van der Waals surface area contributed by atoms with E-state index in [0.29, 0.717) is 0 Å². The number of hydrogen-bond donors (Lipinski definition) is 0. The van der Waals surface area contributed by atoms with Gasteiger partial charge in [-0.1, -0.05) is 17.7 Å². The molecule has 0 bridgehead atoms. The number of esters is 1. The average molecular weight is 294 g/mol. The van der Waals surface area contributed by atoms with Crippen LogP contribution in [0.2, 0.25) is 0 Å². The molecule has 0 radical (unpaired) electrons.